The second-order valence-electron chi connectivity index (χ2n) is 5.86. The average molecular weight is 275 g/mol. The highest BCUT2D eigenvalue weighted by molar-refractivity contribution is 5.78. The van der Waals surface area contributed by atoms with Gasteiger partial charge in [0.2, 0.25) is 0 Å². The molecule has 2 aromatic rings. The molecule has 0 bridgehead atoms. The molecular weight excluding hydrogens is 253 g/mol. The highest BCUT2D eigenvalue weighted by Gasteiger charge is 2.34. The summed E-state index contributed by atoms with van der Waals surface area (Å²) in [6, 6.07) is 6.76. The molecule has 0 saturated carbocycles. The van der Waals surface area contributed by atoms with Crippen LogP contribution in [-0.2, 0) is 5.54 Å². The van der Waals surface area contributed by atoms with Gasteiger partial charge in [-0.25, -0.2) is 4.39 Å². The molecule has 0 spiro atoms. The van der Waals surface area contributed by atoms with E-state index < -0.39 is 0 Å². The van der Waals surface area contributed by atoms with E-state index in [0.29, 0.717) is 0 Å². The molecule has 1 unspecified atom stereocenters. The quantitative estimate of drug-likeness (QED) is 0.876. The van der Waals surface area contributed by atoms with Crippen LogP contribution in [0.1, 0.15) is 51.2 Å². The topological polar surface area (TPSA) is 25.2 Å². The molecule has 2 nitrogen and oxygen atoms in total. The van der Waals surface area contributed by atoms with E-state index in [-0.39, 0.29) is 11.4 Å². The van der Waals surface area contributed by atoms with Crippen molar-refractivity contribution in [3.8, 4) is 0 Å². The molecule has 0 radical (unpaired) electrons. The van der Waals surface area contributed by atoms with Gasteiger partial charge in [-0.15, -0.1) is 0 Å². The number of hydrogen-bond donors (Lipinski definition) is 1. The zero-order valence-electron chi connectivity index (χ0n) is 12.0. The van der Waals surface area contributed by atoms with E-state index in [9.17, 15) is 4.39 Å². The summed E-state index contributed by atoms with van der Waals surface area (Å²) in [5, 5.41) is 4.56. The van der Waals surface area contributed by atoms with Crippen LogP contribution < -0.4 is 5.32 Å². The standard InChI is InChI=1S/C17H22FNO/c1-2-8-17(9-4-3-5-10-19-17)16-12-13-11-14(18)6-7-15(13)20-16/h6-7,11-12,19H,2-5,8-10H2,1H3. The van der Waals surface area contributed by atoms with Gasteiger partial charge in [0.15, 0.2) is 0 Å². The van der Waals surface area contributed by atoms with Crippen LogP contribution in [0.5, 0.6) is 0 Å². The largest absolute Gasteiger partial charge is 0.459 e. The summed E-state index contributed by atoms with van der Waals surface area (Å²) in [4.78, 5) is 0. The molecule has 0 aliphatic carbocycles. The minimum absolute atomic E-state index is 0.0687. The molecular formula is C17H22FNO. The van der Waals surface area contributed by atoms with E-state index in [4.69, 9.17) is 4.42 Å². The molecule has 1 aliphatic heterocycles. The summed E-state index contributed by atoms with van der Waals surface area (Å²) < 4.78 is 19.4. The molecule has 0 amide bonds. The lowest BCUT2D eigenvalue weighted by Crippen LogP contribution is -2.41. The molecule has 20 heavy (non-hydrogen) atoms. The first-order valence-electron chi connectivity index (χ1n) is 7.68. The van der Waals surface area contributed by atoms with Crippen LogP contribution in [-0.4, -0.2) is 6.54 Å². The van der Waals surface area contributed by atoms with Gasteiger partial charge in [0, 0.05) is 5.39 Å². The summed E-state index contributed by atoms with van der Waals surface area (Å²) in [5.41, 5.74) is 0.712. The van der Waals surface area contributed by atoms with Crippen LogP contribution in [0.4, 0.5) is 4.39 Å². The fourth-order valence-electron chi connectivity index (χ4n) is 3.37. The number of nitrogens with one attached hydrogen (secondary N) is 1. The van der Waals surface area contributed by atoms with E-state index in [1.54, 1.807) is 12.1 Å². The minimum atomic E-state index is -0.205. The highest BCUT2D eigenvalue weighted by Crippen LogP contribution is 2.37. The highest BCUT2D eigenvalue weighted by atomic mass is 19.1. The summed E-state index contributed by atoms with van der Waals surface area (Å²) in [5.74, 6) is 0.769. The van der Waals surface area contributed by atoms with Crippen LogP contribution in [0.15, 0.2) is 28.7 Å². The SMILES string of the molecule is CCCC1(c2cc3cc(F)ccc3o2)CCCCCN1. The van der Waals surface area contributed by atoms with E-state index in [2.05, 4.69) is 12.2 Å². The first-order valence-corrected chi connectivity index (χ1v) is 7.68. The number of benzene rings is 1. The van der Waals surface area contributed by atoms with Gasteiger partial charge in [-0.1, -0.05) is 26.2 Å². The lowest BCUT2D eigenvalue weighted by atomic mass is 9.86. The Hall–Kier alpha value is -1.35. The van der Waals surface area contributed by atoms with Gasteiger partial charge in [-0.05, 0) is 50.1 Å². The predicted octanol–water partition coefficient (Wildman–Crippen LogP) is 4.73. The first kappa shape index (κ1) is 13.6. The maximum Gasteiger partial charge on any atom is 0.134 e. The van der Waals surface area contributed by atoms with Crippen LogP contribution >= 0.6 is 0 Å². The number of furan rings is 1. The summed E-state index contributed by atoms with van der Waals surface area (Å²) in [6.45, 7) is 3.24. The zero-order valence-corrected chi connectivity index (χ0v) is 12.0. The third-order valence-corrected chi connectivity index (χ3v) is 4.37. The Balaban J connectivity index is 2.03. The average Bonchev–Trinajstić information content (AvgIpc) is 2.71. The van der Waals surface area contributed by atoms with Crippen molar-refractivity contribution in [2.45, 2.75) is 51.0 Å². The molecule has 3 heteroatoms. The first-order chi connectivity index (χ1) is 9.73. The van der Waals surface area contributed by atoms with Crippen LogP contribution in [0.25, 0.3) is 11.0 Å². The summed E-state index contributed by atoms with van der Waals surface area (Å²) >= 11 is 0. The van der Waals surface area contributed by atoms with Gasteiger partial charge < -0.3 is 9.73 Å². The molecule has 1 N–H and O–H groups in total. The van der Waals surface area contributed by atoms with Crippen LogP contribution in [0.2, 0.25) is 0 Å². The van der Waals surface area contributed by atoms with Crippen molar-refractivity contribution in [3.63, 3.8) is 0 Å². The second-order valence-corrected chi connectivity index (χ2v) is 5.86. The Kier molecular flexibility index (Phi) is 3.79. The number of hydrogen-bond acceptors (Lipinski definition) is 2. The van der Waals surface area contributed by atoms with Crippen LogP contribution in [0.3, 0.4) is 0 Å². The molecule has 1 aliphatic rings. The normalized spacial score (nSPS) is 23.9. The Labute approximate surface area is 119 Å². The second kappa shape index (κ2) is 5.57. The van der Waals surface area contributed by atoms with E-state index >= 15 is 0 Å². The van der Waals surface area contributed by atoms with Gasteiger partial charge in [-0.3, -0.25) is 0 Å². The van der Waals surface area contributed by atoms with Gasteiger partial charge in [0.05, 0.1) is 5.54 Å². The number of rotatable bonds is 3. The van der Waals surface area contributed by atoms with Crippen molar-refractivity contribution in [1.29, 1.82) is 0 Å². The molecule has 1 atom stereocenters. The summed E-state index contributed by atoms with van der Waals surface area (Å²) in [7, 11) is 0. The molecule has 108 valence electrons. The number of halogens is 1. The van der Waals surface area contributed by atoms with Crippen molar-refractivity contribution < 1.29 is 8.81 Å². The van der Waals surface area contributed by atoms with Gasteiger partial charge >= 0.3 is 0 Å². The van der Waals surface area contributed by atoms with E-state index in [0.717, 1.165) is 42.5 Å². The summed E-state index contributed by atoms with van der Waals surface area (Å²) in [6.07, 6.45) is 6.99. The van der Waals surface area contributed by atoms with Crippen molar-refractivity contribution in [2.75, 3.05) is 6.54 Å². The fourth-order valence-corrected chi connectivity index (χ4v) is 3.37. The fraction of sp³-hybridized carbons (Fsp3) is 0.529. The maximum absolute atomic E-state index is 13.3. The molecule has 1 aromatic heterocycles. The zero-order chi connectivity index (χ0) is 14.0. The van der Waals surface area contributed by atoms with Gasteiger partial charge in [0.1, 0.15) is 17.2 Å². The third kappa shape index (κ3) is 2.47. The molecule has 2 heterocycles. The minimum Gasteiger partial charge on any atom is -0.459 e. The molecule has 1 fully saturated rings. The van der Waals surface area contributed by atoms with Crippen LogP contribution in [0, 0.1) is 5.82 Å². The maximum atomic E-state index is 13.3. The molecule has 1 aromatic carbocycles. The molecule has 1 saturated heterocycles. The Morgan fingerprint density at radius 1 is 1.25 bits per heavy atom. The lowest BCUT2D eigenvalue weighted by molar-refractivity contribution is 0.248. The Morgan fingerprint density at radius 2 is 2.15 bits per heavy atom. The van der Waals surface area contributed by atoms with Crippen molar-refractivity contribution in [1.82, 2.24) is 5.32 Å². The monoisotopic (exact) mass is 275 g/mol. The van der Waals surface area contributed by atoms with E-state index in [1.807, 2.05) is 6.07 Å². The predicted molar refractivity (Wildman–Crippen MR) is 79.2 cm³/mol. The van der Waals surface area contributed by atoms with E-state index in [1.165, 1.54) is 25.3 Å². The Morgan fingerprint density at radius 3 is 3.00 bits per heavy atom. The van der Waals surface area contributed by atoms with Crippen molar-refractivity contribution >= 4 is 11.0 Å². The smallest absolute Gasteiger partial charge is 0.134 e. The Bertz CT molecular complexity index is 582. The van der Waals surface area contributed by atoms with Crippen molar-refractivity contribution in [2.24, 2.45) is 0 Å². The van der Waals surface area contributed by atoms with Crippen molar-refractivity contribution in [3.05, 3.63) is 35.8 Å². The third-order valence-electron chi connectivity index (χ3n) is 4.37. The lowest BCUT2D eigenvalue weighted by Gasteiger charge is -2.31. The number of fused-ring (bicyclic) bond motifs is 1. The molecule has 3 rings (SSSR count). The van der Waals surface area contributed by atoms with Gasteiger partial charge in [0.25, 0.3) is 0 Å². The van der Waals surface area contributed by atoms with Gasteiger partial charge in [-0.2, -0.15) is 0 Å².